The van der Waals surface area contributed by atoms with E-state index in [4.69, 9.17) is 0 Å². The monoisotopic (exact) mass is 377 g/mol. The summed E-state index contributed by atoms with van der Waals surface area (Å²) in [5.41, 5.74) is 0.919. The Morgan fingerprint density at radius 2 is 1.54 bits per heavy atom. The maximum absolute atomic E-state index is 11.3. The van der Waals surface area contributed by atoms with E-state index in [0.29, 0.717) is 4.48 Å². The number of unbranched alkanes of at least 4 members (excludes halogenated alkanes) is 5. The number of hydrogen-bond donors (Lipinski definition) is 0. The van der Waals surface area contributed by atoms with Crippen LogP contribution in [0, 0.1) is 0 Å². The Hall–Kier alpha value is -0.620. The fraction of sp³-hybridized carbons (Fsp3) is 0.667. The summed E-state index contributed by atoms with van der Waals surface area (Å²) < 4.78 is 34.6. The lowest BCUT2D eigenvalue weighted by atomic mass is 10.0. The molecule has 0 amide bonds. The average Bonchev–Trinajstić information content (AvgIpc) is 2.48. The van der Waals surface area contributed by atoms with Gasteiger partial charge < -0.3 is 9.04 Å². The van der Waals surface area contributed by atoms with E-state index in [-0.39, 0.29) is 24.2 Å². The van der Waals surface area contributed by atoms with Crippen LogP contribution >= 0.6 is 12.4 Å². The van der Waals surface area contributed by atoms with Gasteiger partial charge in [0.25, 0.3) is 0 Å². The molecule has 0 heterocycles. The van der Waals surface area contributed by atoms with Gasteiger partial charge in [-0.1, -0.05) is 62.9 Å². The highest BCUT2D eigenvalue weighted by Crippen LogP contribution is 2.27. The summed E-state index contributed by atoms with van der Waals surface area (Å²) in [5, 5.41) is 0. The Balaban J connectivity index is 0.00000529. The van der Waals surface area contributed by atoms with Crippen LogP contribution in [-0.2, 0) is 10.1 Å². The molecule has 1 unspecified atom stereocenters. The van der Waals surface area contributed by atoms with Crippen molar-refractivity contribution in [3.63, 3.8) is 0 Å². The minimum Gasteiger partial charge on any atom is -0.748 e. The molecule has 0 fully saturated rings. The van der Waals surface area contributed by atoms with Crippen molar-refractivity contribution in [1.29, 1.82) is 0 Å². The number of quaternary nitrogens is 1. The molecule has 0 saturated carbocycles. The predicted molar refractivity (Wildman–Crippen MR) is 101 cm³/mol. The zero-order chi connectivity index (χ0) is 17.3. The molecule has 6 heteroatoms. The van der Waals surface area contributed by atoms with E-state index in [2.05, 4.69) is 6.92 Å². The first-order chi connectivity index (χ1) is 10.8. The topological polar surface area (TPSA) is 57.2 Å². The lowest BCUT2D eigenvalue weighted by Crippen LogP contribution is -2.46. The third-order valence-electron chi connectivity index (χ3n) is 4.48. The van der Waals surface area contributed by atoms with Crippen LogP contribution in [0.5, 0.6) is 0 Å². The Morgan fingerprint density at radius 1 is 1.00 bits per heavy atom. The lowest BCUT2D eigenvalue weighted by Gasteiger charge is -2.39. The molecule has 0 spiro atoms. The van der Waals surface area contributed by atoms with Gasteiger partial charge in [-0.2, -0.15) is 0 Å². The van der Waals surface area contributed by atoms with E-state index < -0.39 is 10.1 Å². The minimum atomic E-state index is -4.26. The molecule has 1 rings (SSSR count). The molecule has 1 aromatic carbocycles. The van der Waals surface area contributed by atoms with Gasteiger partial charge in [-0.3, -0.25) is 0 Å². The fourth-order valence-corrected chi connectivity index (χ4v) is 4.01. The summed E-state index contributed by atoms with van der Waals surface area (Å²) in [6.45, 7) is 3.08. The molecular formula is C18H32ClNO3S. The van der Waals surface area contributed by atoms with E-state index in [1.807, 2.05) is 44.4 Å². The summed E-state index contributed by atoms with van der Waals surface area (Å²) in [6.07, 6.45) is 7.22. The first-order valence-corrected chi connectivity index (χ1v) is 10.1. The standard InChI is InChI=1S/C18H31NO3S.ClH/c1-4-5-6-7-8-12-15-19(2,3)18(16-23(20,21)22)17-13-10-9-11-14-17;/h9-11,13-14,18H,4-8,12,15-16H2,1-3H3;1H. The largest absolute Gasteiger partial charge is 0.748 e. The molecule has 24 heavy (non-hydrogen) atoms. The van der Waals surface area contributed by atoms with Crippen LogP contribution in [-0.4, -0.2) is 43.8 Å². The molecule has 1 atom stereocenters. The number of nitrogens with zero attached hydrogens (tertiary/aromatic N) is 1. The van der Waals surface area contributed by atoms with E-state index in [0.717, 1.165) is 24.9 Å². The van der Waals surface area contributed by atoms with Gasteiger partial charge in [-0.05, 0) is 12.8 Å². The zero-order valence-electron chi connectivity index (χ0n) is 15.1. The maximum atomic E-state index is 11.3. The second-order valence-electron chi connectivity index (χ2n) is 6.92. The molecular weight excluding hydrogens is 346 g/mol. The van der Waals surface area contributed by atoms with Crippen molar-refractivity contribution in [2.45, 2.75) is 51.5 Å². The molecule has 0 aliphatic heterocycles. The van der Waals surface area contributed by atoms with E-state index in [9.17, 15) is 13.0 Å². The van der Waals surface area contributed by atoms with Crippen LogP contribution in [0.2, 0.25) is 0 Å². The van der Waals surface area contributed by atoms with Crippen LogP contribution in [0.25, 0.3) is 0 Å². The predicted octanol–water partition coefficient (Wildman–Crippen LogP) is 4.13. The highest BCUT2D eigenvalue weighted by atomic mass is 35.5. The molecule has 0 aromatic heterocycles. The Labute approximate surface area is 154 Å². The Morgan fingerprint density at radius 3 is 2.08 bits per heavy atom. The van der Waals surface area contributed by atoms with Crippen LogP contribution in [0.3, 0.4) is 0 Å². The second kappa shape index (κ2) is 11.1. The molecule has 0 aliphatic rings. The molecule has 0 bridgehead atoms. The first kappa shape index (κ1) is 23.4. The van der Waals surface area contributed by atoms with Crippen LogP contribution < -0.4 is 0 Å². The van der Waals surface area contributed by atoms with Gasteiger partial charge in [0.1, 0.15) is 16.2 Å². The van der Waals surface area contributed by atoms with Gasteiger partial charge in [0.15, 0.2) is 0 Å². The highest BCUT2D eigenvalue weighted by molar-refractivity contribution is 7.85. The summed E-state index contributed by atoms with van der Waals surface area (Å²) in [5.74, 6) is -0.347. The van der Waals surface area contributed by atoms with E-state index >= 15 is 0 Å². The highest BCUT2D eigenvalue weighted by Gasteiger charge is 2.31. The average molecular weight is 378 g/mol. The summed E-state index contributed by atoms with van der Waals surface area (Å²) in [7, 11) is -0.217. The van der Waals surface area contributed by atoms with E-state index in [1.54, 1.807) is 0 Å². The zero-order valence-corrected chi connectivity index (χ0v) is 16.7. The molecule has 0 saturated heterocycles. The van der Waals surface area contributed by atoms with Gasteiger partial charge >= 0.3 is 0 Å². The van der Waals surface area contributed by atoms with Crippen molar-refractivity contribution in [2.75, 3.05) is 26.4 Å². The van der Waals surface area contributed by atoms with Gasteiger partial charge in [0.2, 0.25) is 0 Å². The van der Waals surface area contributed by atoms with Crippen molar-refractivity contribution in [2.24, 2.45) is 0 Å². The van der Waals surface area contributed by atoms with Crippen molar-refractivity contribution in [1.82, 2.24) is 0 Å². The summed E-state index contributed by atoms with van der Waals surface area (Å²) >= 11 is 0. The van der Waals surface area contributed by atoms with Gasteiger partial charge in [0, 0.05) is 5.56 Å². The molecule has 0 radical (unpaired) electrons. The van der Waals surface area contributed by atoms with Crippen molar-refractivity contribution >= 4 is 22.5 Å². The minimum absolute atomic E-state index is 0. The van der Waals surface area contributed by atoms with Crippen molar-refractivity contribution in [3.05, 3.63) is 35.9 Å². The SMILES string of the molecule is CCCCCCCC[N+](C)(C)C(CS(=O)(=O)[O-])c1ccccc1.Cl. The van der Waals surface area contributed by atoms with Gasteiger partial charge in [-0.15, -0.1) is 12.4 Å². The van der Waals surface area contributed by atoms with Crippen molar-refractivity contribution < 1.29 is 17.5 Å². The number of rotatable bonds is 11. The normalized spacial score (nSPS) is 13.3. The lowest BCUT2D eigenvalue weighted by molar-refractivity contribution is -0.918. The number of halogens is 1. The number of hydrogen-bond acceptors (Lipinski definition) is 3. The Bertz CT molecular complexity index is 547. The van der Waals surface area contributed by atoms with Crippen LogP contribution in [0.15, 0.2) is 30.3 Å². The number of benzene rings is 1. The molecule has 1 aromatic rings. The van der Waals surface area contributed by atoms with Gasteiger partial charge in [-0.25, -0.2) is 8.42 Å². The molecule has 140 valence electrons. The fourth-order valence-electron chi connectivity index (χ4n) is 3.03. The van der Waals surface area contributed by atoms with E-state index in [1.165, 1.54) is 25.7 Å². The molecule has 0 aliphatic carbocycles. The van der Waals surface area contributed by atoms with Gasteiger partial charge in [0.05, 0.1) is 26.4 Å². The third kappa shape index (κ3) is 9.02. The smallest absolute Gasteiger partial charge is 0.127 e. The molecule has 4 nitrogen and oxygen atoms in total. The third-order valence-corrected chi connectivity index (χ3v) is 5.20. The Kier molecular flexibility index (Phi) is 10.8. The van der Waals surface area contributed by atoms with Crippen LogP contribution in [0.1, 0.15) is 57.1 Å². The van der Waals surface area contributed by atoms with Crippen molar-refractivity contribution in [3.8, 4) is 0 Å². The quantitative estimate of drug-likeness (QED) is 0.331. The summed E-state index contributed by atoms with van der Waals surface area (Å²) in [6, 6.07) is 9.21. The molecule has 0 N–H and O–H groups in total. The maximum Gasteiger partial charge on any atom is 0.127 e. The van der Waals surface area contributed by atoms with Crippen LogP contribution in [0.4, 0.5) is 0 Å². The summed E-state index contributed by atoms with van der Waals surface area (Å²) in [4.78, 5) is 0. The second-order valence-corrected chi connectivity index (χ2v) is 8.37. The first-order valence-electron chi connectivity index (χ1n) is 8.57.